The Hall–Kier alpha value is -0.940. The first-order valence-electron chi connectivity index (χ1n) is 7.40. The number of thiazole rings is 1. The highest BCUT2D eigenvalue weighted by Crippen LogP contribution is 2.24. The molecule has 2 heterocycles. The highest BCUT2D eigenvalue weighted by atomic mass is 32.1. The van der Waals surface area contributed by atoms with Crippen molar-refractivity contribution in [2.24, 2.45) is 11.8 Å². The molecular formula is C15H24N2O2S. The molecule has 1 aromatic rings. The van der Waals surface area contributed by atoms with E-state index in [1.165, 1.54) is 24.2 Å². The van der Waals surface area contributed by atoms with Crippen LogP contribution in [0, 0.1) is 11.8 Å². The van der Waals surface area contributed by atoms with Crippen molar-refractivity contribution in [1.29, 1.82) is 0 Å². The van der Waals surface area contributed by atoms with Gasteiger partial charge in [0, 0.05) is 6.54 Å². The molecule has 0 radical (unpaired) electrons. The fourth-order valence-corrected chi connectivity index (χ4v) is 3.75. The van der Waals surface area contributed by atoms with Gasteiger partial charge in [-0.3, -0.25) is 4.90 Å². The van der Waals surface area contributed by atoms with Crippen LogP contribution in [-0.4, -0.2) is 34.0 Å². The van der Waals surface area contributed by atoms with Crippen LogP contribution in [-0.2, 0) is 13.0 Å². The minimum Gasteiger partial charge on any atom is -0.477 e. The summed E-state index contributed by atoms with van der Waals surface area (Å²) in [6.45, 7) is 9.47. The maximum atomic E-state index is 11.3. The number of nitrogens with zero attached hydrogens (tertiary/aromatic N) is 2. The van der Waals surface area contributed by atoms with E-state index in [1.54, 1.807) is 0 Å². The van der Waals surface area contributed by atoms with Crippen molar-refractivity contribution in [3.63, 3.8) is 0 Å². The summed E-state index contributed by atoms with van der Waals surface area (Å²) in [5.74, 6) is 0.326. The summed E-state index contributed by atoms with van der Waals surface area (Å²) >= 11 is 1.35. The molecule has 5 heteroatoms. The van der Waals surface area contributed by atoms with Gasteiger partial charge in [-0.1, -0.05) is 20.8 Å². The third-order valence-electron chi connectivity index (χ3n) is 3.64. The molecule has 112 valence electrons. The standard InChI is InChI=1S/C15H24N2O2S/c1-10(2)7-12-14(15(18)19)20-13(16-12)9-17-6-4-5-11(3)8-17/h10-11H,4-9H2,1-3H3,(H,18,19). The number of hydrogen-bond donors (Lipinski definition) is 1. The van der Waals surface area contributed by atoms with E-state index < -0.39 is 5.97 Å². The first-order valence-corrected chi connectivity index (χ1v) is 8.21. The van der Waals surface area contributed by atoms with Gasteiger partial charge in [0.1, 0.15) is 9.88 Å². The number of carboxylic acids is 1. The maximum Gasteiger partial charge on any atom is 0.347 e. The second-order valence-corrected chi connectivity index (χ2v) is 7.35. The fourth-order valence-electron chi connectivity index (χ4n) is 2.78. The Bertz CT molecular complexity index is 470. The van der Waals surface area contributed by atoms with Crippen LogP contribution in [0.25, 0.3) is 0 Å². The molecule has 2 rings (SSSR count). The van der Waals surface area contributed by atoms with Gasteiger partial charge in [-0.2, -0.15) is 0 Å². The van der Waals surface area contributed by atoms with Crippen LogP contribution in [0.1, 0.15) is 54.0 Å². The van der Waals surface area contributed by atoms with Crippen LogP contribution in [0.4, 0.5) is 0 Å². The first-order chi connectivity index (χ1) is 9.45. The normalized spacial score (nSPS) is 20.5. The largest absolute Gasteiger partial charge is 0.477 e. The number of hydrogen-bond acceptors (Lipinski definition) is 4. The number of aromatic nitrogens is 1. The van der Waals surface area contributed by atoms with Gasteiger partial charge in [-0.15, -0.1) is 11.3 Å². The Morgan fingerprint density at radius 1 is 1.55 bits per heavy atom. The molecule has 1 saturated heterocycles. The molecule has 1 aliphatic rings. The quantitative estimate of drug-likeness (QED) is 0.906. The van der Waals surface area contributed by atoms with Crippen LogP contribution in [0.2, 0.25) is 0 Å². The fraction of sp³-hybridized carbons (Fsp3) is 0.733. The zero-order valence-electron chi connectivity index (χ0n) is 12.6. The van der Waals surface area contributed by atoms with Gasteiger partial charge >= 0.3 is 5.97 Å². The third-order valence-corrected chi connectivity index (χ3v) is 4.71. The molecule has 20 heavy (non-hydrogen) atoms. The summed E-state index contributed by atoms with van der Waals surface area (Å²) in [6, 6.07) is 0. The summed E-state index contributed by atoms with van der Waals surface area (Å²) in [5, 5.41) is 10.2. The number of aromatic carboxylic acids is 1. The molecular weight excluding hydrogens is 272 g/mol. The highest BCUT2D eigenvalue weighted by molar-refractivity contribution is 7.13. The van der Waals surface area contributed by atoms with E-state index in [1.807, 2.05) is 0 Å². The molecule has 0 bridgehead atoms. The molecule has 0 aromatic carbocycles. The Balaban J connectivity index is 2.09. The lowest BCUT2D eigenvalue weighted by Crippen LogP contribution is -2.33. The van der Waals surface area contributed by atoms with Crippen molar-refractivity contribution < 1.29 is 9.90 Å². The Morgan fingerprint density at radius 3 is 2.90 bits per heavy atom. The van der Waals surface area contributed by atoms with E-state index in [2.05, 4.69) is 30.7 Å². The molecule has 1 atom stereocenters. The van der Waals surface area contributed by atoms with Crippen molar-refractivity contribution in [2.45, 2.75) is 46.6 Å². The van der Waals surface area contributed by atoms with Crippen molar-refractivity contribution in [1.82, 2.24) is 9.88 Å². The van der Waals surface area contributed by atoms with Crippen molar-refractivity contribution in [2.75, 3.05) is 13.1 Å². The zero-order valence-corrected chi connectivity index (χ0v) is 13.4. The van der Waals surface area contributed by atoms with Gasteiger partial charge in [-0.25, -0.2) is 9.78 Å². The Kier molecular flexibility index (Phi) is 5.16. The lowest BCUT2D eigenvalue weighted by Gasteiger charge is -2.29. The predicted octanol–water partition coefficient (Wildman–Crippen LogP) is 3.27. The molecule has 4 nitrogen and oxygen atoms in total. The highest BCUT2D eigenvalue weighted by Gasteiger charge is 2.21. The average Bonchev–Trinajstić information content (AvgIpc) is 2.71. The first kappa shape index (κ1) is 15.4. The lowest BCUT2D eigenvalue weighted by atomic mass is 10.0. The Morgan fingerprint density at radius 2 is 2.30 bits per heavy atom. The van der Waals surface area contributed by atoms with Gasteiger partial charge in [0.05, 0.1) is 12.2 Å². The second-order valence-electron chi connectivity index (χ2n) is 6.27. The monoisotopic (exact) mass is 296 g/mol. The molecule has 0 amide bonds. The molecule has 0 aliphatic carbocycles. The summed E-state index contributed by atoms with van der Waals surface area (Å²) in [6.07, 6.45) is 3.28. The summed E-state index contributed by atoms with van der Waals surface area (Å²) in [4.78, 5) is 18.7. The predicted molar refractivity (Wildman–Crippen MR) is 81.3 cm³/mol. The van der Waals surface area contributed by atoms with Crippen molar-refractivity contribution in [3.05, 3.63) is 15.6 Å². The van der Waals surface area contributed by atoms with E-state index in [-0.39, 0.29) is 0 Å². The Labute approximate surface area is 124 Å². The zero-order chi connectivity index (χ0) is 14.7. The SMILES string of the molecule is CC(C)Cc1nc(CN2CCCC(C)C2)sc1C(=O)O. The van der Waals surface area contributed by atoms with Gasteiger partial charge < -0.3 is 5.11 Å². The molecule has 0 saturated carbocycles. The topological polar surface area (TPSA) is 53.4 Å². The number of likely N-dealkylation sites (tertiary alicyclic amines) is 1. The molecule has 1 unspecified atom stereocenters. The van der Waals surface area contributed by atoms with E-state index in [9.17, 15) is 9.90 Å². The number of carbonyl (C=O) groups is 1. The molecule has 0 spiro atoms. The number of carboxylic acid groups (broad SMARTS) is 1. The van der Waals surface area contributed by atoms with Crippen LogP contribution in [0.5, 0.6) is 0 Å². The molecule has 1 aromatic heterocycles. The van der Waals surface area contributed by atoms with Gasteiger partial charge in [-0.05, 0) is 37.6 Å². The van der Waals surface area contributed by atoms with E-state index >= 15 is 0 Å². The molecule has 1 fully saturated rings. The van der Waals surface area contributed by atoms with Gasteiger partial charge in [0.25, 0.3) is 0 Å². The van der Waals surface area contributed by atoms with Crippen molar-refractivity contribution in [3.8, 4) is 0 Å². The average molecular weight is 296 g/mol. The minimum atomic E-state index is -0.837. The third kappa shape index (κ3) is 4.03. The van der Waals surface area contributed by atoms with Crippen molar-refractivity contribution >= 4 is 17.3 Å². The van der Waals surface area contributed by atoms with Crippen LogP contribution in [0.15, 0.2) is 0 Å². The van der Waals surface area contributed by atoms with E-state index in [0.29, 0.717) is 10.8 Å². The summed E-state index contributed by atoms with van der Waals surface area (Å²) < 4.78 is 0. The van der Waals surface area contributed by atoms with Crippen LogP contribution in [0.3, 0.4) is 0 Å². The minimum absolute atomic E-state index is 0.429. The molecule has 1 aliphatic heterocycles. The van der Waals surface area contributed by atoms with E-state index in [4.69, 9.17) is 0 Å². The van der Waals surface area contributed by atoms with Crippen LogP contribution >= 0.6 is 11.3 Å². The number of rotatable bonds is 5. The number of piperidine rings is 1. The summed E-state index contributed by atoms with van der Waals surface area (Å²) in [7, 11) is 0. The smallest absolute Gasteiger partial charge is 0.347 e. The lowest BCUT2D eigenvalue weighted by molar-refractivity contribution is 0.0700. The maximum absolute atomic E-state index is 11.3. The van der Waals surface area contributed by atoms with E-state index in [0.717, 1.165) is 42.7 Å². The van der Waals surface area contributed by atoms with Gasteiger partial charge in [0.2, 0.25) is 0 Å². The molecule has 1 N–H and O–H groups in total. The van der Waals surface area contributed by atoms with Crippen LogP contribution < -0.4 is 0 Å². The second kappa shape index (κ2) is 6.68. The summed E-state index contributed by atoms with van der Waals surface area (Å²) in [5.41, 5.74) is 0.762. The van der Waals surface area contributed by atoms with Gasteiger partial charge in [0.15, 0.2) is 0 Å².